The predicted molar refractivity (Wildman–Crippen MR) is 82.5 cm³/mol. The number of nitrogens with two attached hydrogens (primary N) is 1. The lowest BCUT2D eigenvalue weighted by Gasteiger charge is -2.15. The van der Waals surface area contributed by atoms with Gasteiger partial charge in [-0.3, -0.25) is 0 Å². The van der Waals surface area contributed by atoms with E-state index in [0.717, 1.165) is 22.2 Å². The Bertz CT molecular complexity index is 551. The summed E-state index contributed by atoms with van der Waals surface area (Å²) < 4.78 is 6.27. The van der Waals surface area contributed by atoms with E-state index in [-0.39, 0.29) is 6.04 Å². The van der Waals surface area contributed by atoms with Gasteiger partial charge in [-0.1, -0.05) is 45.8 Å². The fourth-order valence-corrected chi connectivity index (χ4v) is 2.56. The molecule has 0 heterocycles. The second-order valence-electron chi connectivity index (χ2n) is 4.68. The highest BCUT2D eigenvalue weighted by Gasteiger charge is 2.12. The van der Waals surface area contributed by atoms with E-state index < -0.39 is 0 Å². The molecule has 0 aliphatic heterocycles. The Hall–Kier alpha value is -1.32. The summed E-state index contributed by atoms with van der Waals surface area (Å²) in [6.45, 7) is 2.09. The molecular weight excluding hydrogens is 302 g/mol. The summed E-state index contributed by atoms with van der Waals surface area (Å²) in [7, 11) is 1.67. The first-order valence-electron chi connectivity index (χ1n) is 6.24. The molecular formula is C16H18BrNO. The molecule has 0 bridgehead atoms. The van der Waals surface area contributed by atoms with Crippen LogP contribution >= 0.6 is 15.9 Å². The number of benzene rings is 2. The van der Waals surface area contributed by atoms with Crippen LogP contribution in [0.15, 0.2) is 46.9 Å². The molecule has 0 fully saturated rings. The summed E-state index contributed by atoms with van der Waals surface area (Å²) in [5.74, 6) is 0.831. The Balaban J connectivity index is 2.19. The van der Waals surface area contributed by atoms with Crippen molar-refractivity contribution >= 4 is 15.9 Å². The van der Waals surface area contributed by atoms with E-state index in [1.165, 1.54) is 11.1 Å². The van der Waals surface area contributed by atoms with Gasteiger partial charge in [0.1, 0.15) is 5.75 Å². The average molecular weight is 320 g/mol. The third-order valence-electron chi connectivity index (χ3n) is 3.18. The highest BCUT2D eigenvalue weighted by atomic mass is 79.9. The van der Waals surface area contributed by atoms with Gasteiger partial charge in [0.15, 0.2) is 0 Å². The maximum Gasteiger partial charge on any atom is 0.119 e. The summed E-state index contributed by atoms with van der Waals surface area (Å²) >= 11 is 3.55. The first-order chi connectivity index (χ1) is 9.10. The van der Waals surface area contributed by atoms with Crippen LogP contribution in [0.2, 0.25) is 0 Å². The predicted octanol–water partition coefficient (Wildman–Crippen LogP) is 4.01. The van der Waals surface area contributed by atoms with Gasteiger partial charge in [-0.2, -0.15) is 0 Å². The second kappa shape index (κ2) is 6.22. The summed E-state index contributed by atoms with van der Waals surface area (Å²) in [6, 6.07) is 14.3. The smallest absolute Gasteiger partial charge is 0.119 e. The van der Waals surface area contributed by atoms with E-state index in [1.54, 1.807) is 7.11 Å². The Morgan fingerprint density at radius 3 is 2.47 bits per heavy atom. The van der Waals surface area contributed by atoms with Crippen LogP contribution in [0.4, 0.5) is 0 Å². The van der Waals surface area contributed by atoms with Gasteiger partial charge in [0.05, 0.1) is 7.11 Å². The van der Waals surface area contributed by atoms with Crippen molar-refractivity contribution in [1.82, 2.24) is 0 Å². The highest BCUT2D eigenvalue weighted by Crippen LogP contribution is 2.28. The molecule has 0 saturated carbocycles. The van der Waals surface area contributed by atoms with Gasteiger partial charge in [0.2, 0.25) is 0 Å². The minimum atomic E-state index is -0.0489. The molecule has 3 heteroatoms. The van der Waals surface area contributed by atoms with Gasteiger partial charge in [0.25, 0.3) is 0 Å². The lowest BCUT2D eigenvalue weighted by Crippen LogP contribution is -2.14. The van der Waals surface area contributed by atoms with Gasteiger partial charge in [-0.25, -0.2) is 0 Å². The SMILES string of the molecule is COc1ccc(Br)c(C(N)Cc2ccc(C)cc2)c1. The zero-order chi connectivity index (χ0) is 13.8. The van der Waals surface area contributed by atoms with Crippen LogP contribution in [-0.4, -0.2) is 7.11 Å². The lowest BCUT2D eigenvalue weighted by molar-refractivity contribution is 0.413. The Morgan fingerprint density at radius 1 is 1.16 bits per heavy atom. The van der Waals surface area contributed by atoms with Crippen LogP contribution in [0.5, 0.6) is 5.75 Å². The minimum Gasteiger partial charge on any atom is -0.497 e. The van der Waals surface area contributed by atoms with Crippen molar-refractivity contribution in [2.75, 3.05) is 7.11 Å². The summed E-state index contributed by atoms with van der Waals surface area (Å²) in [4.78, 5) is 0. The Labute approximate surface area is 122 Å². The van der Waals surface area contributed by atoms with E-state index in [4.69, 9.17) is 10.5 Å². The van der Waals surface area contributed by atoms with Crippen molar-refractivity contribution in [2.24, 2.45) is 5.73 Å². The molecule has 2 rings (SSSR count). The molecule has 1 atom stereocenters. The molecule has 1 unspecified atom stereocenters. The Morgan fingerprint density at radius 2 is 1.84 bits per heavy atom. The standard InChI is InChI=1S/C16H18BrNO/c1-11-3-5-12(6-4-11)9-16(18)14-10-13(19-2)7-8-15(14)17/h3-8,10,16H,9,18H2,1-2H3. The van der Waals surface area contributed by atoms with Crippen LogP contribution in [-0.2, 0) is 6.42 Å². The highest BCUT2D eigenvalue weighted by molar-refractivity contribution is 9.10. The zero-order valence-corrected chi connectivity index (χ0v) is 12.8. The van der Waals surface area contributed by atoms with E-state index >= 15 is 0 Å². The van der Waals surface area contributed by atoms with Crippen LogP contribution in [0.3, 0.4) is 0 Å². The van der Waals surface area contributed by atoms with Crippen LogP contribution in [0.25, 0.3) is 0 Å². The number of rotatable bonds is 4. The van der Waals surface area contributed by atoms with Crippen molar-refractivity contribution < 1.29 is 4.74 Å². The van der Waals surface area contributed by atoms with Crippen molar-refractivity contribution in [3.63, 3.8) is 0 Å². The molecule has 0 aliphatic rings. The number of aryl methyl sites for hydroxylation is 1. The van der Waals surface area contributed by atoms with Crippen LogP contribution < -0.4 is 10.5 Å². The third-order valence-corrected chi connectivity index (χ3v) is 3.90. The molecule has 0 radical (unpaired) electrons. The number of halogens is 1. The fraction of sp³-hybridized carbons (Fsp3) is 0.250. The largest absolute Gasteiger partial charge is 0.497 e. The summed E-state index contributed by atoms with van der Waals surface area (Å²) in [5, 5.41) is 0. The molecule has 2 N–H and O–H groups in total. The van der Waals surface area contributed by atoms with E-state index in [9.17, 15) is 0 Å². The molecule has 0 saturated heterocycles. The van der Waals surface area contributed by atoms with Crippen molar-refractivity contribution in [3.8, 4) is 5.75 Å². The number of ether oxygens (including phenoxy) is 1. The van der Waals surface area contributed by atoms with Gasteiger partial charge in [-0.05, 0) is 42.7 Å². The van der Waals surface area contributed by atoms with Crippen LogP contribution in [0, 0.1) is 6.92 Å². The number of methoxy groups -OCH3 is 1. The third kappa shape index (κ3) is 3.58. The quantitative estimate of drug-likeness (QED) is 0.924. The van der Waals surface area contributed by atoms with Crippen molar-refractivity contribution in [3.05, 3.63) is 63.6 Å². The molecule has 2 nitrogen and oxygen atoms in total. The monoisotopic (exact) mass is 319 g/mol. The normalized spacial score (nSPS) is 12.2. The van der Waals surface area contributed by atoms with Gasteiger partial charge in [0, 0.05) is 10.5 Å². The number of hydrogen-bond donors (Lipinski definition) is 1. The fourth-order valence-electron chi connectivity index (χ4n) is 2.02. The maximum atomic E-state index is 6.30. The van der Waals surface area contributed by atoms with E-state index in [1.807, 2.05) is 18.2 Å². The second-order valence-corrected chi connectivity index (χ2v) is 5.54. The average Bonchev–Trinajstić information content (AvgIpc) is 2.42. The van der Waals surface area contributed by atoms with E-state index in [0.29, 0.717) is 0 Å². The maximum absolute atomic E-state index is 6.30. The summed E-state index contributed by atoms with van der Waals surface area (Å²) in [6.07, 6.45) is 0.812. The first kappa shape index (κ1) is 14.1. The molecule has 2 aromatic carbocycles. The molecule has 2 aromatic rings. The lowest BCUT2D eigenvalue weighted by atomic mass is 9.99. The molecule has 0 aliphatic carbocycles. The number of hydrogen-bond acceptors (Lipinski definition) is 2. The van der Waals surface area contributed by atoms with Gasteiger partial charge < -0.3 is 10.5 Å². The van der Waals surface area contributed by atoms with Crippen LogP contribution in [0.1, 0.15) is 22.7 Å². The van der Waals surface area contributed by atoms with Gasteiger partial charge >= 0.3 is 0 Å². The molecule has 0 aromatic heterocycles. The van der Waals surface area contributed by atoms with E-state index in [2.05, 4.69) is 47.1 Å². The van der Waals surface area contributed by atoms with Crippen molar-refractivity contribution in [1.29, 1.82) is 0 Å². The molecule has 100 valence electrons. The Kier molecular flexibility index (Phi) is 4.61. The topological polar surface area (TPSA) is 35.2 Å². The molecule has 0 spiro atoms. The first-order valence-corrected chi connectivity index (χ1v) is 7.04. The minimum absolute atomic E-state index is 0.0489. The van der Waals surface area contributed by atoms with Crippen molar-refractivity contribution in [2.45, 2.75) is 19.4 Å². The molecule has 19 heavy (non-hydrogen) atoms. The summed E-state index contributed by atoms with van der Waals surface area (Å²) in [5.41, 5.74) is 9.88. The zero-order valence-electron chi connectivity index (χ0n) is 11.2. The molecule has 0 amide bonds. The van der Waals surface area contributed by atoms with Gasteiger partial charge in [-0.15, -0.1) is 0 Å².